The fourth-order valence-corrected chi connectivity index (χ4v) is 3.36. The minimum Gasteiger partial charge on any atom is -0.497 e. The summed E-state index contributed by atoms with van der Waals surface area (Å²) in [4.78, 5) is 29.3. The molecule has 2 amide bonds. The number of nitrogens with zero attached hydrogens (tertiary/aromatic N) is 1. The zero-order valence-corrected chi connectivity index (χ0v) is 15.0. The van der Waals surface area contributed by atoms with E-state index in [9.17, 15) is 9.59 Å². The van der Waals surface area contributed by atoms with Crippen LogP contribution in [-0.2, 0) is 16.0 Å². The maximum Gasteiger partial charge on any atom is 0.225 e. The van der Waals surface area contributed by atoms with Crippen molar-refractivity contribution < 1.29 is 14.3 Å². The maximum absolute atomic E-state index is 12.3. The van der Waals surface area contributed by atoms with Crippen LogP contribution in [0.4, 0.5) is 0 Å². The Hall–Kier alpha value is -2.50. The Balaban J connectivity index is 1.56. The van der Waals surface area contributed by atoms with E-state index in [-0.39, 0.29) is 23.8 Å². The molecule has 0 unspecified atom stereocenters. The molecule has 0 saturated carbocycles. The van der Waals surface area contributed by atoms with Gasteiger partial charge in [0.05, 0.1) is 13.0 Å². The molecule has 0 bridgehead atoms. The first-order valence-electron chi connectivity index (χ1n) is 8.70. The van der Waals surface area contributed by atoms with Crippen molar-refractivity contribution in [2.45, 2.75) is 32.7 Å². The number of H-pyrrole nitrogens is 1. The van der Waals surface area contributed by atoms with Gasteiger partial charge in [0.25, 0.3) is 0 Å². The summed E-state index contributed by atoms with van der Waals surface area (Å²) in [5, 5.41) is 4.08. The molecule has 2 aromatic rings. The number of rotatable bonds is 6. The average Bonchev–Trinajstić information content (AvgIpc) is 3.18. The van der Waals surface area contributed by atoms with Gasteiger partial charge in [-0.05, 0) is 44.0 Å². The number of aromatic nitrogens is 1. The predicted molar refractivity (Wildman–Crippen MR) is 96.5 cm³/mol. The highest BCUT2D eigenvalue weighted by atomic mass is 16.5. The van der Waals surface area contributed by atoms with Crippen molar-refractivity contribution in [1.82, 2.24) is 15.2 Å². The highest BCUT2D eigenvalue weighted by Gasteiger charge is 2.35. The quantitative estimate of drug-likeness (QED) is 0.843. The smallest absolute Gasteiger partial charge is 0.225 e. The van der Waals surface area contributed by atoms with Gasteiger partial charge in [-0.25, -0.2) is 0 Å². The summed E-state index contributed by atoms with van der Waals surface area (Å²) in [6, 6.07) is 6.05. The summed E-state index contributed by atoms with van der Waals surface area (Å²) in [6.07, 6.45) is 3.01. The van der Waals surface area contributed by atoms with Gasteiger partial charge in [0.1, 0.15) is 5.75 Å². The highest BCUT2D eigenvalue weighted by Crippen LogP contribution is 2.24. The topological polar surface area (TPSA) is 74.4 Å². The van der Waals surface area contributed by atoms with Crippen LogP contribution in [0, 0.1) is 5.92 Å². The van der Waals surface area contributed by atoms with Crippen molar-refractivity contribution >= 4 is 22.7 Å². The van der Waals surface area contributed by atoms with E-state index >= 15 is 0 Å². The summed E-state index contributed by atoms with van der Waals surface area (Å²) in [7, 11) is 1.65. The van der Waals surface area contributed by atoms with Crippen LogP contribution < -0.4 is 10.1 Å². The fraction of sp³-hybridized carbons (Fsp3) is 0.474. The second-order valence-electron chi connectivity index (χ2n) is 6.81. The molecular weight excluding hydrogens is 318 g/mol. The second kappa shape index (κ2) is 7.17. The lowest BCUT2D eigenvalue weighted by atomic mass is 10.1. The summed E-state index contributed by atoms with van der Waals surface area (Å²) < 4.78 is 5.28. The van der Waals surface area contributed by atoms with E-state index in [1.165, 1.54) is 0 Å². The molecule has 1 aromatic heterocycles. The Bertz CT molecular complexity index is 781. The van der Waals surface area contributed by atoms with Gasteiger partial charge < -0.3 is 19.9 Å². The van der Waals surface area contributed by atoms with E-state index in [0.29, 0.717) is 19.5 Å². The van der Waals surface area contributed by atoms with Crippen molar-refractivity contribution in [1.29, 1.82) is 0 Å². The average molecular weight is 343 g/mol. The van der Waals surface area contributed by atoms with Crippen molar-refractivity contribution in [2.75, 3.05) is 20.2 Å². The largest absolute Gasteiger partial charge is 0.497 e. The number of ether oxygens (including phenoxy) is 1. The van der Waals surface area contributed by atoms with Crippen LogP contribution in [0.2, 0.25) is 0 Å². The molecule has 0 radical (unpaired) electrons. The van der Waals surface area contributed by atoms with Gasteiger partial charge in [-0.2, -0.15) is 0 Å². The molecule has 1 fully saturated rings. The number of hydrogen-bond acceptors (Lipinski definition) is 3. The zero-order valence-electron chi connectivity index (χ0n) is 15.0. The number of nitrogens with one attached hydrogen (secondary N) is 2. The Morgan fingerprint density at radius 1 is 1.44 bits per heavy atom. The molecular formula is C19H25N3O3. The molecule has 1 saturated heterocycles. The first kappa shape index (κ1) is 17.3. The fourth-order valence-electron chi connectivity index (χ4n) is 3.36. The van der Waals surface area contributed by atoms with Crippen LogP contribution >= 0.6 is 0 Å². The molecule has 1 aromatic carbocycles. The van der Waals surface area contributed by atoms with Gasteiger partial charge in [-0.1, -0.05) is 0 Å². The van der Waals surface area contributed by atoms with E-state index in [1.54, 1.807) is 12.0 Å². The lowest BCUT2D eigenvalue weighted by molar-refractivity contribution is -0.129. The first-order valence-corrected chi connectivity index (χ1v) is 8.70. The van der Waals surface area contributed by atoms with Crippen LogP contribution in [0.1, 0.15) is 25.8 Å². The van der Waals surface area contributed by atoms with E-state index in [0.717, 1.165) is 28.6 Å². The molecule has 1 aliphatic rings. The van der Waals surface area contributed by atoms with Gasteiger partial charge >= 0.3 is 0 Å². The van der Waals surface area contributed by atoms with Crippen molar-refractivity contribution in [3.63, 3.8) is 0 Å². The van der Waals surface area contributed by atoms with Crippen LogP contribution in [0.25, 0.3) is 10.9 Å². The minimum absolute atomic E-state index is 0.0334. The molecule has 134 valence electrons. The lowest BCUT2D eigenvalue weighted by Gasteiger charge is -2.20. The van der Waals surface area contributed by atoms with E-state index < -0.39 is 0 Å². The minimum atomic E-state index is -0.238. The van der Waals surface area contributed by atoms with Gasteiger partial charge in [-0.15, -0.1) is 0 Å². The standard InChI is InChI=1S/C19H25N3O3/c1-12(2)22-11-14(8-18(22)23)19(24)20-7-6-13-10-21-17-5-4-15(25-3)9-16(13)17/h4-5,9-10,12,14,21H,6-8,11H2,1-3H3,(H,20,24)/t14-/m0/s1. The van der Waals surface area contributed by atoms with Crippen molar-refractivity contribution in [3.05, 3.63) is 30.0 Å². The number of aromatic amines is 1. The highest BCUT2D eigenvalue weighted by molar-refractivity contribution is 5.89. The van der Waals surface area contributed by atoms with Crippen LogP contribution in [0.15, 0.2) is 24.4 Å². The number of methoxy groups -OCH3 is 1. The molecule has 25 heavy (non-hydrogen) atoms. The Kier molecular flexibility index (Phi) is 4.97. The molecule has 2 heterocycles. The van der Waals surface area contributed by atoms with Crippen LogP contribution in [0.5, 0.6) is 5.75 Å². The summed E-state index contributed by atoms with van der Waals surface area (Å²) in [5.41, 5.74) is 2.19. The third-order valence-corrected chi connectivity index (χ3v) is 4.82. The monoisotopic (exact) mass is 343 g/mol. The lowest BCUT2D eigenvalue weighted by Crippen LogP contribution is -2.36. The predicted octanol–water partition coefficient (Wildman–Crippen LogP) is 2.09. The number of fused-ring (bicyclic) bond motifs is 1. The number of carbonyl (C=O) groups excluding carboxylic acids is 2. The van der Waals surface area contributed by atoms with Crippen LogP contribution in [0.3, 0.4) is 0 Å². The normalized spacial score (nSPS) is 17.5. The molecule has 1 aliphatic heterocycles. The Morgan fingerprint density at radius 2 is 2.24 bits per heavy atom. The number of likely N-dealkylation sites (tertiary alicyclic amines) is 1. The van der Waals surface area contributed by atoms with Gasteiger partial charge in [0, 0.05) is 42.7 Å². The van der Waals surface area contributed by atoms with Crippen molar-refractivity contribution in [3.8, 4) is 5.75 Å². The summed E-state index contributed by atoms with van der Waals surface area (Å²) in [6.45, 7) is 5.02. The summed E-state index contributed by atoms with van der Waals surface area (Å²) >= 11 is 0. The third kappa shape index (κ3) is 3.62. The van der Waals surface area contributed by atoms with Crippen LogP contribution in [-0.4, -0.2) is 47.9 Å². The van der Waals surface area contributed by atoms with E-state index in [2.05, 4.69) is 10.3 Å². The zero-order chi connectivity index (χ0) is 18.0. The SMILES string of the molecule is COc1ccc2[nH]cc(CCNC(=O)[C@H]3CC(=O)N(C(C)C)C3)c2c1. The number of benzene rings is 1. The van der Waals surface area contributed by atoms with Gasteiger partial charge in [0.15, 0.2) is 0 Å². The molecule has 2 N–H and O–H groups in total. The Morgan fingerprint density at radius 3 is 2.92 bits per heavy atom. The van der Waals surface area contributed by atoms with Crippen molar-refractivity contribution in [2.24, 2.45) is 5.92 Å². The maximum atomic E-state index is 12.3. The first-order chi connectivity index (χ1) is 12.0. The molecule has 6 heteroatoms. The summed E-state index contributed by atoms with van der Waals surface area (Å²) in [5.74, 6) is 0.612. The molecule has 6 nitrogen and oxygen atoms in total. The number of amides is 2. The van der Waals surface area contributed by atoms with E-state index in [1.807, 2.05) is 38.2 Å². The van der Waals surface area contributed by atoms with E-state index in [4.69, 9.17) is 4.74 Å². The number of carbonyl (C=O) groups is 2. The molecule has 0 aliphatic carbocycles. The van der Waals surface area contributed by atoms with Gasteiger partial charge in [-0.3, -0.25) is 9.59 Å². The van der Waals surface area contributed by atoms with Gasteiger partial charge in [0.2, 0.25) is 11.8 Å². The number of hydrogen-bond donors (Lipinski definition) is 2. The molecule has 3 rings (SSSR count). The molecule has 1 atom stereocenters. The second-order valence-corrected chi connectivity index (χ2v) is 6.81. The molecule has 0 spiro atoms. The third-order valence-electron chi connectivity index (χ3n) is 4.82. The Labute approximate surface area is 147 Å².